The lowest BCUT2D eigenvalue weighted by Gasteiger charge is -2.09. The molecule has 1 amide bonds. The molecule has 0 aliphatic rings. The number of carbonyl (C=O) groups is 1. The quantitative estimate of drug-likeness (QED) is 0.623. The van der Waals surface area contributed by atoms with Gasteiger partial charge in [0.1, 0.15) is 0 Å². The first-order valence-corrected chi connectivity index (χ1v) is 8.97. The maximum absolute atomic E-state index is 12.3. The number of rotatable bonds is 8. The van der Waals surface area contributed by atoms with E-state index in [4.69, 9.17) is 0 Å². The summed E-state index contributed by atoms with van der Waals surface area (Å²) in [5.41, 5.74) is 0.846. The first kappa shape index (κ1) is 17.9. The van der Waals surface area contributed by atoms with Gasteiger partial charge in [0, 0.05) is 24.5 Å². The molecule has 7 nitrogen and oxygen atoms in total. The molecule has 0 fully saturated rings. The van der Waals surface area contributed by atoms with E-state index in [1.807, 2.05) is 7.05 Å². The number of sulfonamides is 1. The fraction of sp³-hybridized carbons (Fsp3) is 0.250. The molecule has 0 aliphatic heterocycles. The smallest absolute Gasteiger partial charge is 0.261 e. The van der Waals surface area contributed by atoms with Crippen molar-refractivity contribution >= 4 is 21.6 Å². The fourth-order valence-corrected chi connectivity index (χ4v) is 3.05. The Morgan fingerprint density at radius 1 is 1.04 bits per heavy atom. The van der Waals surface area contributed by atoms with E-state index in [9.17, 15) is 13.2 Å². The van der Waals surface area contributed by atoms with Crippen molar-refractivity contribution in [2.45, 2.75) is 11.3 Å². The fourth-order valence-electron chi connectivity index (χ4n) is 1.99. The number of hydrogen-bond donors (Lipinski definition) is 3. The monoisotopic (exact) mass is 348 g/mol. The Morgan fingerprint density at radius 2 is 1.71 bits per heavy atom. The van der Waals surface area contributed by atoms with E-state index in [-0.39, 0.29) is 10.8 Å². The lowest BCUT2D eigenvalue weighted by atomic mass is 10.2. The zero-order valence-corrected chi connectivity index (χ0v) is 14.1. The Hall–Kier alpha value is -2.45. The third-order valence-corrected chi connectivity index (χ3v) is 4.65. The number of pyridine rings is 1. The number of amides is 1. The second kappa shape index (κ2) is 8.42. The van der Waals surface area contributed by atoms with Crippen LogP contribution in [-0.4, -0.2) is 39.4 Å². The van der Waals surface area contributed by atoms with Gasteiger partial charge in [0.15, 0.2) is 0 Å². The minimum atomic E-state index is -3.70. The molecule has 128 valence electrons. The van der Waals surface area contributed by atoms with Crippen LogP contribution in [0, 0.1) is 0 Å². The highest BCUT2D eigenvalue weighted by Gasteiger charge is 2.15. The third-order valence-electron chi connectivity index (χ3n) is 3.25. The number of anilines is 1. The van der Waals surface area contributed by atoms with Gasteiger partial charge in [0.25, 0.3) is 15.9 Å². The lowest BCUT2D eigenvalue weighted by molar-refractivity contribution is 0.0953. The highest BCUT2D eigenvalue weighted by atomic mass is 32.2. The van der Waals surface area contributed by atoms with Crippen LogP contribution in [0.4, 0.5) is 5.69 Å². The maximum Gasteiger partial charge on any atom is 0.261 e. The summed E-state index contributed by atoms with van der Waals surface area (Å²) in [6, 6.07) is 8.93. The van der Waals surface area contributed by atoms with Crippen LogP contribution in [0.15, 0.2) is 53.7 Å². The molecule has 2 aromatic rings. The van der Waals surface area contributed by atoms with Gasteiger partial charge in [-0.15, -0.1) is 0 Å². The van der Waals surface area contributed by atoms with Crippen molar-refractivity contribution in [2.24, 2.45) is 0 Å². The molecule has 1 heterocycles. The van der Waals surface area contributed by atoms with Gasteiger partial charge in [-0.1, -0.05) is 0 Å². The van der Waals surface area contributed by atoms with Crippen molar-refractivity contribution in [1.82, 2.24) is 15.6 Å². The first-order valence-electron chi connectivity index (χ1n) is 7.48. The van der Waals surface area contributed by atoms with Crippen molar-refractivity contribution in [2.75, 3.05) is 24.9 Å². The van der Waals surface area contributed by atoms with Crippen molar-refractivity contribution in [1.29, 1.82) is 0 Å². The molecule has 0 radical (unpaired) electrons. The minimum absolute atomic E-state index is 0.0889. The van der Waals surface area contributed by atoms with Crippen LogP contribution in [0.2, 0.25) is 0 Å². The summed E-state index contributed by atoms with van der Waals surface area (Å²) in [5, 5.41) is 5.78. The van der Waals surface area contributed by atoms with Crippen LogP contribution >= 0.6 is 0 Å². The van der Waals surface area contributed by atoms with E-state index in [2.05, 4.69) is 20.3 Å². The van der Waals surface area contributed by atoms with Crippen molar-refractivity contribution in [3.63, 3.8) is 0 Å². The van der Waals surface area contributed by atoms with Crippen molar-refractivity contribution in [3.05, 3.63) is 54.4 Å². The van der Waals surface area contributed by atoms with Crippen molar-refractivity contribution in [3.8, 4) is 0 Å². The van der Waals surface area contributed by atoms with Crippen LogP contribution in [0.3, 0.4) is 0 Å². The van der Waals surface area contributed by atoms with E-state index in [1.165, 1.54) is 36.7 Å². The van der Waals surface area contributed by atoms with E-state index < -0.39 is 10.0 Å². The SMILES string of the molecule is CNCCCNC(=O)c1ccc(S(=O)(=O)Nc2ccncc2)cc1. The largest absolute Gasteiger partial charge is 0.352 e. The minimum Gasteiger partial charge on any atom is -0.352 e. The average Bonchev–Trinajstić information content (AvgIpc) is 2.59. The van der Waals surface area contributed by atoms with Gasteiger partial charge in [0.05, 0.1) is 10.6 Å². The van der Waals surface area contributed by atoms with Crippen LogP contribution in [0.5, 0.6) is 0 Å². The lowest BCUT2D eigenvalue weighted by Crippen LogP contribution is -2.26. The average molecular weight is 348 g/mol. The summed E-state index contributed by atoms with van der Waals surface area (Å²) < 4.78 is 27.0. The molecular weight excluding hydrogens is 328 g/mol. The molecule has 0 atom stereocenters. The molecule has 2 rings (SSSR count). The van der Waals surface area contributed by atoms with Gasteiger partial charge >= 0.3 is 0 Å². The predicted molar refractivity (Wildman–Crippen MR) is 92.4 cm³/mol. The summed E-state index contributed by atoms with van der Waals surface area (Å²) in [4.78, 5) is 15.9. The van der Waals surface area contributed by atoms with E-state index in [1.54, 1.807) is 12.1 Å². The van der Waals surface area contributed by atoms with E-state index in [0.29, 0.717) is 17.8 Å². The zero-order chi connectivity index (χ0) is 17.4. The molecule has 8 heteroatoms. The molecule has 0 aliphatic carbocycles. The van der Waals surface area contributed by atoms with Gasteiger partial charge in [-0.3, -0.25) is 14.5 Å². The van der Waals surface area contributed by atoms with E-state index in [0.717, 1.165) is 13.0 Å². The van der Waals surface area contributed by atoms with Gasteiger partial charge in [0.2, 0.25) is 0 Å². The van der Waals surface area contributed by atoms with Gasteiger partial charge in [-0.25, -0.2) is 8.42 Å². The summed E-state index contributed by atoms with van der Waals surface area (Å²) in [6.45, 7) is 1.38. The highest BCUT2D eigenvalue weighted by molar-refractivity contribution is 7.92. The molecule has 3 N–H and O–H groups in total. The molecule has 0 saturated heterocycles. The molecular formula is C16H20N4O3S. The standard InChI is InChI=1S/C16H20N4O3S/c1-17-9-2-10-19-16(21)13-3-5-15(6-4-13)24(22,23)20-14-7-11-18-12-8-14/h3-8,11-12,17H,2,9-10H2,1H3,(H,18,20)(H,19,21). The second-order valence-corrected chi connectivity index (χ2v) is 6.76. The number of carbonyl (C=O) groups excluding carboxylic acids is 1. The van der Waals surface area contributed by atoms with Crippen LogP contribution < -0.4 is 15.4 Å². The Bertz CT molecular complexity index is 762. The highest BCUT2D eigenvalue weighted by Crippen LogP contribution is 2.15. The van der Waals surface area contributed by atoms with Gasteiger partial charge in [-0.2, -0.15) is 0 Å². The summed E-state index contributed by atoms with van der Waals surface area (Å²) in [6.07, 6.45) is 3.82. The Kier molecular flexibility index (Phi) is 6.28. The van der Waals surface area contributed by atoms with Crippen LogP contribution in [-0.2, 0) is 10.0 Å². The molecule has 0 bridgehead atoms. The second-order valence-electron chi connectivity index (χ2n) is 5.08. The predicted octanol–water partition coefficient (Wildman–Crippen LogP) is 1.22. The number of aromatic nitrogens is 1. The molecule has 1 aromatic heterocycles. The number of hydrogen-bond acceptors (Lipinski definition) is 5. The number of benzene rings is 1. The Labute approximate surface area is 141 Å². The number of nitrogens with zero attached hydrogens (tertiary/aromatic N) is 1. The molecule has 0 spiro atoms. The van der Waals surface area contributed by atoms with Crippen LogP contribution in [0.25, 0.3) is 0 Å². The molecule has 24 heavy (non-hydrogen) atoms. The summed E-state index contributed by atoms with van der Waals surface area (Å²) >= 11 is 0. The number of nitrogens with one attached hydrogen (secondary N) is 3. The molecule has 0 unspecified atom stereocenters. The molecule has 1 aromatic carbocycles. The molecule has 0 saturated carbocycles. The first-order chi connectivity index (χ1) is 11.5. The normalized spacial score (nSPS) is 11.0. The topological polar surface area (TPSA) is 100 Å². The summed E-state index contributed by atoms with van der Waals surface area (Å²) in [5.74, 6) is -0.225. The van der Waals surface area contributed by atoms with E-state index >= 15 is 0 Å². The van der Waals surface area contributed by atoms with Crippen molar-refractivity contribution < 1.29 is 13.2 Å². The summed E-state index contributed by atoms with van der Waals surface area (Å²) in [7, 11) is -1.85. The Morgan fingerprint density at radius 3 is 2.33 bits per heavy atom. The van der Waals surface area contributed by atoms with Gasteiger partial charge < -0.3 is 10.6 Å². The maximum atomic E-state index is 12.3. The van der Waals surface area contributed by atoms with Gasteiger partial charge in [-0.05, 0) is 56.4 Å². The Balaban J connectivity index is 2.01. The van der Waals surface area contributed by atoms with Crippen LogP contribution in [0.1, 0.15) is 16.8 Å². The zero-order valence-electron chi connectivity index (χ0n) is 13.3. The third kappa shape index (κ3) is 5.04.